The number of furan rings is 1. The lowest BCUT2D eigenvalue weighted by atomic mass is 9.97. The maximum atomic E-state index is 11.7. The van der Waals surface area contributed by atoms with Gasteiger partial charge in [0.05, 0.1) is 31.9 Å². The van der Waals surface area contributed by atoms with E-state index in [0.29, 0.717) is 6.54 Å². The van der Waals surface area contributed by atoms with Gasteiger partial charge < -0.3 is 19.4 Å². The molecule has 0 amide bonds. The van der Waals surface area contributed by atoms with E-state index < -0.39 is 0 Å². The molecule has 0 aliphatic carbocycles. The van der Waals surface area contributed by atoms with Crippen LogP contribution in [-0.4, -0.2) is 69.1 Å². The minimum absolute atomic E-state index is 0.00164. The van der Waals surface area contributed by atoms with Gasteiger partial charge in [0, 0.05) is 19.6 Å². The van der Waals surface area contributed by atoms with Crippen molar-refractivity contribution >= 4 is 11.9 Å². The second-order valence-corrected chi connectivity index (χ2v) is 6.47. The van der Waals surface area contributed by atoms with Crippen LogP contribution >= 0.6 is 0 Å². The highest BCUT2D eigenvalue weighted by molar-refractivity contribution is 5.80. The van der Waals surface area contributed by atoms with Crippen LogP contribution in [0.5, 0.6) is 0 Å². The van der Waals surface area contributed by atoms with Crippen LogP contribution in [0, 0.1) is 5.92 Å². The number of methoxy groups -OCH3 is 1. The Bertz CT molecular complexity index is 549. The van der Waals surface area contributed by atoms with Gasteiger partial charge in [0.1, 0.15) is 5.76 Å². The van der Waals surface area contributed by atoms with Crippen LogP contribution in [0.15, 0.2) is 27.8 Å². The Balaban J connectivity index is 2.02. The molecule has 1 aliphatic heterocycles. The van der Waals surface area contributed by atoms with Crippen LogP contribution in [0.25, 0.3) is 0 Å². The number of hydrogen-bond acceptors (Lipinski definition) is 5. The number of likely N-dealkylation sites (tertiary alicyclic amines) is 1. The quantitative estimate of drug-likeness (QED) is 0.479. The molecule has 0 radical (unpaired) electrons. The second-order valence-electron chi connectivity index (χ2n) is 6.47. The zero-order chi connectivity index (χ0) is 18.2. The van der Waals surface area contributed by atoms with Gasteiger partial charge in [-0.05, 0) is 46.0 Å². The molecule has 7 heteroatoms. The first-order valence-electron chi connectivity index (χ1n) is 8.87. The highest BCUT2D eigenvalue weighted by Crippen LogP contribution is 2.21. The first-order valence-corrected chi connectivity index (χ1v) is 8.87. The first kappa shape index (κ1) is 19.3. The monoisotopic (exact) mass is 350 g/mol. The van der Waals surface area contributed by atoms with E-state index in [1.807, 2.05) is 26.2 Å². The Morgan fingerprint density at radius 1 is 1.48 bits per heavy atom. The third-order valence-electron chi connectivity index (χ3n) is 4.57. The standard InChI is InChI=1S/C18H30N4O3/c1-5-19-18(22-10-8-14(9-11-22)17(23)24-4)20-13-15(21(2)3)16-7-6-12-25-16/h6-7,12,14-15H,5,8-11,13H2,1-4H3,(H,19,20). The van der Waals surface area contributed by atoms with Gasteiger partial charge in [-0.25, -0.2) is 0 Å². The van der Waals surface area contributed by atoms with E-state index >= 15 is 0 Å². The molecule has 0 spiro atoms. The van der Waals surface area contributed by atoms with Crippen LogP contribution in [0.1, 0.15) is 31.6 Å². The van der Waals surface area contributed by atoms with Gasteiger partial charge in [-0.15, -0.1) is 0 Å². The number of carbonyl (C=O) groups is 1. The van der Waals surface area contributed by atoms with Gasteiger partial charge in [0.2, 0.25) is 0 Å². The molecule has 0 aromatic carbocycles. The van der Waals surface area contributed by atoms with Crippen molar-refractivity contribution in [2.24, 2.45) is 10.9 Å². The molecule has 1 saturated heterocycles. The Morgan fingerprint density at radius 3 is 2.72 bits per heavy atom. The van der Waals surface area contributed by atoms with Crippen molar-refractivity contribution in [2.75, 3.05) is 47.4 Å². The summed E-state index contributed by atoms with van der Waals surface area (Å²) in [6.45, 7) is 5.09. The number of likely N-dealkylation sites (N-methyl/N-ethyl adjacent to an activating group) is 1. The lowest BCUT2D eigenvalue weighted by molar-refractivity contribution is -0.146. The number of nitrogens with zero attached hydrogens (tertiary/aromatic N) is 3. The molecule has 1 atom stereocenters. The van der Waals surface area contributed by atoms with Gasteiger partial charge in [-0.3, -0.25) is 14.7 Å². The average Bonchev–Trinajstić information content (AvgIpc) is 3.14. The molecule has 2 heterocycles. The number of esters is 1. The minimum Gasteiger partial charge on any atom is -0.469 e. The van der Waals surface area contributed by atoms with Crippen molar-refractivity contribution in [2.45, 2.75) is 25.8 Å². The summed E-state index contributed by atoms with van der Waals surface area (Å²) in [4.78, 5) is 20.8. The predicted octanol–water partition coefficient (Wildman–Crippen LogP) is 1.73. The second kappa shape index (κ2) is 9.46. The third kappa shape index (κ3) is 5.22. The van der Waals surface area contributed by atoms with Crippen molar-refractivity contribution in [1.82, 2.24) is 15.1 Å². The summed E-state index contributed by atoms with van der Waals surface area (Å²) in [6, 6.07) is 3.98. The van der Waals surface area contributed by atoms with Gasteiger partial charge in [0.25, 0.3) is 0 Å². The van der Waals surface area contributed by atoms with Crippen LogP contribution in [-0.2, 0) is 9.53 Å². The third-order valence-corrected chi connectivity index (χ3v) is 4.57. The normalized spacial score (nSPS) is 17.6. The van der Waals surface area contributed by atoms with Gasteiger partial charge >= 0.3 is 5.97 Å². The van der Waals surface area contributed by atoms with E-state index in [4.69, 9.17) is 14.1 Å². The van der Waals surface area contributed by atoms with Gasteiger partial charge in [-0.2, -0.15) is 0 Å². The molecule has 25 heavy (non-hydrogen) atoms. The van der Waals surface area contributed by atoms with E-state index in [-0.39, 0.29) is 17.9 Å². The fourth-order valence-electron chi connectivity index (χ4n) is 3.08. The van der Waals surface area contributed by atoms with E-state index in [1.165, 1.54) is 7.11 Å². The van der Waals surface area contributed by atoms with E-state index in [9.17, 15) is 4.79 Å². The van der Waals surface area contributed by atoms with Crippen molar-refractivity contribution in [3.8, 4) is 0 Å². The largest absolute Gasteiger partial charge is 0.469 e. The molecule has 1 fully saturated rings. The van der Waals surface area contributed by atoms with Crippen LogP contribution in [0.2, 0.25) is 0 Å². The van der Waals surface area contributed by atoms with Crippen molar-refractivity contribution in [3.05, 3.63) is 24.2 Å². The van der Waals surface area contributed by atoms with Gasteiger partial charge in [-0.1, -0.05) is 0 Å². The fraction of sp³-hybridized carbons (Fsp3) is 0.667. The van der Waals surface area contributed by atoms with Crippen LogP contribution in [0.4, 0.5) is 0 Å². The summed E-state index contributed by atoms with van der Waals surface area (Å²) < 4.78 is 10.4. The Labute approximate surface area is 150 Å². The minimum atomic E-state index is -0.105. The van der Waals surface area contributed by atoms with E-state index in [0.717, 1.165) is 44.2 Å². The number of nitrogens with one attached hydrogen (secondary N) is 1. The first-order chi connectivity index (χ1) is 12.1. The highest BCUT2D eigenvalue weighted by atomic mass is 16.5. The van der Waals surface area contributed by atoms with Gasteiger partial charge in [0.15, 0.2) is 5.96 Å². The van der Waals surface area contributed by atoms with E-state index in [1.54, 1.807) is 6.26 Å². The molecule has 2 rings (SSSR count). The molecule has 7 nitrogen and oxygen atoms in total. The number of piperidine rings is 1. The molecular formula is C18H30N4O3. The maximum absolute atomic E-state index is 11.7. The molecule has 1 unspecified atom stereocenters. The topological polar surface area (TPSA) is 70.3 Å². The predicted molar refractivity (Wildman–Crippen MR) is 97.4 cm³/mol. The number of guanidine groups is 1. The van der Waals surface area contributed by atoms with Crippen molar-refractivity contribution in [1.29, 1.82) is 0 Å². The van der Waals surface area contributed by atoms with Crippen LogP contribution < -0.4 is 5.32 Å². The Kier molecular flexibility index (Phi) is 7.31. The van der Waals surface area contributed by atoms with Crippen molar-refractivity contribution in [3.63, 3.8) is 0 Å². The summed E-state index contributed by atoms with van der Waals surface area (Å²) in [5.41, 5.74) is 0. The molecule has 1 aromatic heterocycles. The number of aliphatic imine (C=N–C) groups is 1. The average molecular weight is 350 g/mol. The summed E-state index contributed by atoms with van der Waals surface area (Å²) in [5.74, 6) is 1.70. The lowest BCUT2D eigenvalue weighted by Crippen LogP contribution is -2.47. The highest BCUT2D eigenvalue weighted by Gasteiger charge is 2.27. The van der Waals surface area contributed by atoms with Crippen molar-refractivity contribution < 1.29 is 13.9 Å². The zero-order valence-electron chi connectivity index (χ0n) is 15.7. The molecule has 0 bridgehead atoms. The molecule has 140 valence electrons. The number of ether oxygens (including phenoxy) is 1. The lowest BCUT2D eigenvalue weighted by Gasteiger charge is -2.33. The molecule has 0 saturated carbocycles. The summed E-state index contributed by atoms with van der Waals surface area (Å²) in [5, 5.41) is 3.36. The SMILES string of the molecule is CCNC(=NCC(c1ccco1)N(C)C)N1CCC(C(=O)OC)CC1. The van der Waals surface area contributed by atoms with E-state index in [2.05, 4.69) is 22.0 Å². The number of carbonyl (C=O) groups excluding carboxylic acids is 1. The zero-order valence-corrected chi connectivity index (χ0v) is 15.7. The molecule has 1 aliphatic rings. The maximum Gasteiger partial charge on any atom is 0.308 e. The number of rotatable bonds is 6. The number of hydrogen-bond donors (Lipinski definition) is 1. The Morgan fingerprint density at radius 2 is 2.20 bits per heavy atom. The summed E-state index contributed by atoms with van der Waals surface area (Å²) in [7, 11) is 5.51. The summed E-state index contributed by atoms with van der Waals surface area (Å²) in [6.07, 6.45) is 3.29. The fourth-order valence-corrected chi connectivity index (χ4v) is 3.08. The molecule has 1 aromatic rings. The smallest absolute Gasteiger partial charge is 0.308 e. The van der Waals surface area contributed by atoms with Crippen LogP contribution in [0.3, 0.4) is 0 Å². The molecular weight excluding hydrogens is 320 g/mol. The Hall–Kier alpha value is -2.02. The molecule has 1 N–H and O–H groups in total. The summed E-state index contributed by atoms with van der Waals surface area (Å²) >= 11 is 0.